The van der Waals surface area contributed by atoms with Crippen molar-refractivity contribution in [1.82, 2.24) is 10.2 Å². The average molecular weight is 323 g/mol. The maximum absolute atomic E-state index is 12.4. The standard InChI is InChI=1S/C18H26N2O.ClH/c1-2-14-3-7-16(8-4-14)13-20(17-9-10-17)18(21)12-19-11-15-5-6-15;/h3-4,7-8,15,17,19H,2,5-6,9-13H2,1H3;1H. The number of nitrogens with zero attached hydrogens (tertiary/aromatic N) is 1. The summed E-state index contributed by atoms with van der Waals surface area (Å²) in [6.45, 7) is 4.44. The van der Waals surface area contributed by atoms with Crippen molar-refractivity contribution in [2.45, 2.75) is 51.6 Å². The normalized spacial score (nSPS) is 17.0. The van der Waals surface area contributed by atoms with Gasteiger partial charge >= 0.3 is 0 Å². The molecule has 3 rings (SSSR count). The van der Waals surface area contributed by atoms with Crippen LogP contribution in [0.5, 0.6) is 0 Å². The van der Waals surface area contributed by atoms with Gasteiger partial charge < -0.3 is 10.2 Å². The monoisotopic (exact) mass is 322 g/mol. The van der Waals surface area contributed by atoms with E-state index in [0.717, 1.165) is 25.4 Å². The van der Waals surface area contributed by atoms with E-state index in [4.69, 9.17) is 0 Å². The van der Waals surface area contributed by atoms with Gasteiger partial charge in [0, 0.05) is 12.6 Å². The van der Waals surface area contributed by atoms with Crippen LogP contribution in [-0.4, -0.2) is 29.9 Å². The molecular formula is C18H27ClN2O. The van der Waals surface area contributed by atoms with Crippen LogP contribution >= 0.6 is 12.4 Å². The van der Waals surface area contributed by atoms with Gasteiger partial charge in [-0.1, -0.05) is 31.2 Å². The van der Waals surface area contributed by atoms with Gasteiger partial charge in [0.25, 0.3) is 0 Å². The molecule has 0 radical (unpaired) electrons. The SMILES string of the molecule is CCc1ccc(CN(C(=O)CNCC2CC2)C2CC2)cc1.Cl. The quantitative estimate of drug-likeness (QED) is 0.797. The summed E-state index contributed by atoms with van der Waals surface area (Å²) in [5.41, 5.74) is 2.60. The van der Waals surface area contributed by atoms with Crippen molar-refractivity contribution in [2.24, 2.45) is 5.92 Å². The van der Waals surface area contributed by atoms with Crippen molar-refractivity contribution < 1.29 is 4.79 Å². The molecule has 0 aromatic heterocycles. The van der Waals surface area contributed by atoms with Gasteiger partial charge in [0.1, 0.15) is 0 Å². The highest BCUT2D eigenvalue weighted by molar-refractivity contribution is 5.85. The smallest absolute Gasteiger partial charge is 0.237 e. The van der Waals surface area contributed by atoms with Crippen molar-refractivity contribution in [2.75, 3.05) is 13.1 Å². The number of amides is 1. The molecule has 2 saturated carbocycles. The first-order chi connectivity index (χ1) is 10.3. The summed E-state index contributed by atoms with van der Waals surface area (Å²) in [6.07, 6.45) is 6.06. The molecule has 1 aromatic rings. The lowest BCUT2D eigenvalue weighted by atomic mass is 10.1. The Balaban J connectivity index is 0.00000176. The second-order valence-corrected chi connectivity index (χ2v) is 6.50. The average Bonchev–Trinajstić information content (AvgIpc) is 3.38. The summed E-state index contributed by atoms with van der Waals surface area (Å²) in [6, 6.07) is 9.16. The van der Waals surface area contributed by atoms with E-state index in [9.17, 15) is 4.79 Å². The molecule has 3 nitrogen and oxygen atoms in total. The Morgan fingerprint density at radius 2 is 1.77 bits per heavy atom. The zero-order chi connectivity index (χ0) is 14.7. The number of hydrogen-bond donors (Lipinski definition) is 1. The number of nitrogens with one attached hydrogen (secondary N) is 1. The molecule has 0 saturated heterocycles. The summed E-state index contributed by atoms with van der Waals surface area (Å²) in [4.78, 5) is 14.5. The number of rotatable bonds is 8. The van der Waals surface area contributed by atoms with Crippen LogP contribution in [0.4, 0.5) is 0 Å². The maximum Gasteiger partial charge on any atom is 0.237 e. The summed E-state index contributed by atoms with van der Waals surface area (Å²) in [5, 5.41) is 3.32. The number of benzene rings is 1. The number of halogens is 1. The molecule has 2 aliphatic carbocycles. The first-order valence-corrected chi connectivity index (χ1v) is 8.34. The van der Waals surface area contributed by atoms with Crippen LogP contribution in [0.15, 0.2) is 24.3 Å². The molecule has 0 atom stereocenters. The van der Waals surface area contributed by atoms with Crippen LogP contribution in [0.1, 0.15) is 43.7 Å². The molecule has 0 unspecified atom stereocenters. The van der Waals surface area contributed by atoms with E-state index in [2.05, 4.69) is 41.4 Å². The van der Waals surface area contributed by atoms with Crippen LogP contribution in [-0.2, 0) is 17.8 Å². The van der Waals surface area contributed by atoms with Gasteiger partial charge in [-0.3, -0.25) is 4.79 Å². The van der Waals surface area contributed by atoms with Gasteiger partial charge in [0.05, 0.1) is 6.54 Å². The van der Waals surface area contributed by atoms with E-state index in [0.29, 0.717) is 12.6 Å². The van der Waals surface area contributed by atoms with Crippen molar-refractivity contribution in [1.29, 1.82) is 0 Å². The number of carbonyl (C=O) groups is 1. The third-order valence-electron chi connectivity index (χ3n) is 4.50. The lowest BCUT2D eigenvalue weighted by Crippen LogP contribution is -2.39. The van der Waals surface area contributed by atoms with Gasteiger partial charge in [0.15, 0.2) is 0 Å². The van der Waals surface area contributed by atoms with Crippen LogP contribution in [0.3, 0.4) is 0 Å². The fraction of sp³-hybridized carbons (Fsp3) is 0.611. The van der Waals surface area contributed by atoms with Crippen LogP contribution in [0.2, 0.25) is 0 Å². The third-order valence-corrected chi connectivity index (χ3v) is 4.50. The second kappa shape index (κ2) is 7.98. The summed E-state index contributed by atoms with van der Waals surface area (Å²) in [7, 11) is 0. The van der Waals surface area contributed by atoms with E-state index in [1.807, 2.05) is 0 Å². The summed E-state index contributed by atoms with van der Waals surface area (Å²) < 4.78 is 0. The molecule has 1 N–H and O–H groups in total. The van der Waals surface area contributed by atoms with Gasteiger partial charge in [-0.05, 0) is 55.7 Å². The van der Waals surface area contributed by atoms with E-state index in [1.54, 1.807) is 0 Å². The van der Waals surface area contributed by atoms with E-state index in [-0.39, 0.29) is 18.3 Å². The molecule has 22 heavy (non-hydrogen) atoms. The van der Waals surface area contributed by atoms with Crippen molar-refractivity contribution in [3.05, 3.63) is 35.4 Å². The minimum absolute atomic E-state index is 0. The minimum atomic E-state index is 0. The lowest BCUT2D eigenvalue weighted by Gasteiger charge is -2.23. The number of aryl methyl sites for hydroxylation is 1. The Hall–Kier alpha value is -1.06. The molecule has 4 heteroatoms. The Morgan fingerprint density at radius 1 is 1.14 bits per heavy atom. The Kier molecular flexibility index (Phi) is 6.27. The molecule has 0 spiro atoms. The van der Waals surface area contributed by atoms with Crippen molar-refractivity contribution in [3.63, 3.8) is 0 Å². The van der Waals surface area contributed by atoms with Crippen LogP contribution in [0, 0.1) is 5.92 Å². The molecular weight excluding hydrogens is 296 g/mol. The fourth-order valence-corrected chi connectivity index (χ4v) is 2.69. The lowest BCUT2D eigenvalue weighted by molar-refractivity contribution is -0.131. The maximum atomic E-state index is 12.4. The Morgan fingerprint density at radius 3 is 2.32 bits per heavy atom. The van der Waals surface area contributed by atoms with E-state index >= 15 is 0 Å². The predicted molar refractivity (Wildman–Crippen MR) is 92.2 cm³/mol. The van der Waals surface area contributed by atoms with Crippen molar-refractivity contribution >= 4 is 18.3 Å². The highest BCUT2D eigenvalue weighted by Crippen LogP contribution is 2.29. The largest absolute Gasteiger partial charge is 0.334 e. The highest BCUT2D eigenvalue weighted by atomic mass is 35.5. The molecule has 2 aliphatic rings. The predicted octanol–water partition coefficient (Wildman–Crippen LogP) is 3.16. The minimum Gasteiger partial charge on any atom is -0.334 e. The zero-order valence-corrected chi connectivity index (χ0v) is 14.2. The van der Waals surface area contributed by atoms with Gasteiger partial charge in [-0.25, -0.2) is 0 Å². The highest BCUT2D eigenvalue weighted by Gasteiger charge is 2.32. The summed E-state index contributed by atoms with van der Waals surface area (Å²) >= 11 is 0. The molecule has 1 aromatic carbocycles. The zero-order valence-electron chi connectivity index (χ0n) is 13.4. The van der Waals surface area contributed by atoms with Gasteiger partial charge in [0.2, 0.25) is 5.91 Å². The Labute approximate surface area is 139 Å². The van der Waals surface area contributed by atoms with Gasteiger partial charge in [-0.2, -0.15) is 0 Å². The van der Waals surface area contributed by atoms with Crippen molar-refractivity contribution in [3.8, 4) is 0 Å². The van der Waals surface area contributed by atoms with E-state index < -0.39 is 0 Å². The van der Waals surface area contributed by atoms with Crippen LogP contribution < -0.4 is 5.32 Å². The molecule has 0 aliphatic heterocycles. The first kappa shape index (κ1) is 17.3. The molecule has 0 heterocycles. The van der Waals surface area contributed by atoms with Crippen LogP contribution in [0.25, 0.3) is 0 Å². The fourth-order valence-electron chi connectivity index (χ4n) is 2.69. The third kappa shape index (κ3) is 4.99. The number of carbonyl (C=O) groups excluding carboxylic acids is 1. The molecule has 2 fully saturated rings. The second-order valence-electron chi connectivity index (χ2n) is 6.50. The molecule has 1 amide bonds. The topological polar surface area (TPSA) is 32.3 Å². The Bertz CT molecular complexity index is 480. The number of hydrogen-bond acceptors (Lipinski definition) is 2. The summed E-state index contributed by atoms with van der Waals surface area (Å²) in [5.74, 6) is 1.09. The van der Waals surface area contributed by atoms with E-state index in [1.165, 1.54) is 36.8 Å². The molecule has 122 valence electrons. The van der Waals surface area contributed by atoms with Gasteiger partial charge in [-0.15, -0.1) is 12.4 Å². The molecule has 0 bridgehead atoms. The first-order valence-electron chi connectivity index (χ1n) is 8.34.